The van der Waals surface area contributed by atoms with Gasteiger partial charge in [-0.25, -0.2) is 9.37 Å². The number of carbonyl (C=O) groups excluding carboxylic acids is 1. The topological polar surface area (TPSA) is 45.2 Å². The molecule has 1 fully saturated rings. The number of hydrogen-bond donors (Lipinski definition) is 1. The minimum absolute atomic E-state index is 0.131. The second-order valence-corrected chi connectivity index (χ2v) is 4.10. The number of pyridine rings is 1. The second kappa shape index (κ2) is 5.61. The Morgan fingerprint density at radius 1 is 1.47 bits per heavy atom. The molecule has 4 nitrogen and oxygen atoms in total. The molecular formula is C12H16FN3O. The van der Waals surface area contributed by atoms with Crippen molar-refractivity contribution in [2.24, 2.45) is 0 Å². The molecule has 0 atom stereocenters. The fourth-order valence-corrected chi connectivity index (χ4v) is 1.93. The Balaban J connectivity index is 1.76. The molecule has 1 amide bonds. The highest BCUT2D eigenvalue weighted by molar-refractivity contribution is 5.76. The zero-order valence-electron chi connectivity index (χ0n) is 9.66. The van der Waals surface area contributed by atoms with Crippen molar-refractivity contribution in [3.05, 3.63) is 24.1 Å². The van der Waals surface area contributed by atoms with Gasteiger partial charge in [0.25, 0.3) is 0 Å². The molecule has 5 heteroatoms. The molecule has 0 spiro atoms. The summed E-state index contributed by atoms with van der Waals surface area (Å²) >= 11 is 0. The molecule has 2 heterocycles. The molecule has 0 radical (unpaired) electrons. The molecule has 0 bridgehead atoms. The number of aromatic nitrogens is 1. The van der Waals surface area contributed by atoms with Gasteiger partial charge in [0.15, 0.2) is 11.6 Å². The zero-order chi connectivity index (χ0) is 12.1. The minimum Gasteiger partial charge on any atom is -0.367 e. The summed E-state index contributed by atoms with van der Waals surface area (Å²) in [6, 6.07) is 2.88. The maximum atomic E-state index is 13.2. The highest BCUT2D eigenvalue weighted by Crippen LogP contribution is 2.10. The predicted molar refractivity (Wildman–Crippen MR) is 63.1 cm³/mol. The molecule has 0 unspecified atom stereocenters. The fourth-order valence-electron chi connectivity index (χ4n) is 1.93. The Hall–Kier alpha value is -1.65. The first-order valence-electron chi connectivity index (χ1n) is 5.89. The standard InChI is InChI=1S/C12H16FN3O/c13-10-4-3-6-14-12(10)15-7-5-11(17)16-8-1-2-9-16/h3-4,6H,1-2,5,7-9H2,(H,14,15). The molecule has 0 aliphatic carbocycles. The molecule has 1 saturated heterocycles. The number of hydrogen-bond acceptors (Lipinski definition) is 3. The SMILES string of the molecule is O=C(CCNc1ncccc1F)N1CCCC1. The first-order chi connectivity index (χ1) is 8.27. The summed E-state index contributed by atoms with van der Waals surface area (Å²) in [5.74, 6) is -0.0471. The molecular weight excluding hydrogens is 221 g/mol. The molecule has 1 aromatic heterocycles. The summed E-state index contributed by atoms with van der Waals surface area (Å²) in [6.45, 7) is 2.14. The van der Waals surface area contributed by atoms with Crippen LogP contribution in [0.5, 0.6) is 0 Å². The van der Waals surface area contributed by atoms with E-state index in [2.05, 4.69) is 10.3 Å². The van der Waals surface area contributed by atoms with E-state index in [1.807, 2.05) is 4.90 Å². The summed E-state index contributed by atoms with van der Waals surface area (Å²) in [6.07, 6.45) is 4.09. The van der Waals surface area contributed by atoms with E-state index in [0.29, 0.717) is 13.0 Å². The van der Waals surface area contributed by atoms with Crippen LogP contribution in [0, 0.1) is 5.82 Å². The van der Waals surface area contributed by atoms with Gasteiger partial charge in [-0.05, 0) is 25.0 Å². The Labute approximate surface area is 99.8 Å². The highest BCUT2D eigenvalue weighted by Gasteiger charge is 2.17. The van der Waals surface area contributed by atoms with Crippen molar-refractivity contribution < 1.29 is 9.18 Å². The summed E-state index contributed by atoms with van der Waals surface area (Å²) in [5, 5.41) is 2.83. The van der Waals surface area contributed by atoms with Gasteiger partial charge in [0.05, 0.1) is 0 Å². The van der Waals surface area contributed by atoms with Crippen LogP contribution in [0.4, 0.5) is 10.2 Å². The molecule has 1 N–H and O–H groups in total. The number of carbonyl (C=O) groups is 1. The maximum absolute atomic E-state index is 13.2. The van der Waals surface area contributed by atoms with Gasteiger partial charge < -0.3 is 10.2 Å². The van der Waals surface area contributed by atoms with E-state index < -0.39 is 0 Å². The monoisotopic (exact) mass is 237 g/mol. The quantitative estimate of drug-likeness (QED) is 0.866. The zero-order valence-corrected chi connectivity index (χ0v) is 9.66. The normalized spacial score (nSPS) is 15.0. The largest absolute Gasteiger partial charge is 0.367 e. The molecule has 92 valence electrons. The van der Waals surface area contributed by atoms with Gasteiger partial charge in [-0.1, -0.05) is 0 Å². The van der Waals surface area contributed by atoms with Crippen LogP contribution in [0.1, 0.15) is 19.3 Å². The number of anilines is 1. The molecule has 2 rings (SSSR count). The van der Waals surface area contributed by atoms with E-state index >= 15 is 0 Å². The first-order valence-corrected chi connectivity index (χ1v) is 5.89. The fraction of sp³-hybridized carbons (Fsp3) is 0.500. The van der Waals surface area contributed by atoms with Crippen LogP contribution in [-0.2, 0) is 4.79 Å². The van der Waals surface area contributed by atoms with Crippen LogP contribution >= 0.6 is 0 Å². The van der Waals surface area contributed by atoms with Crippen LogP contribution in [0.25, 0.3) is 0 Å². The van der Waals surface area contributed by atoms with Crippen LogP contribution in [0.15, 0.2) is 18.3 Å². The summed E-state index contributed by atoms with van der Waals surface area (Å²) in [7, 11) is 0. The minimum atomic E-state index is -0.388. The van der Waals surface area contributed by atoms with Crippen molar-refractivity contribution in [1.82, 2.24) is 9.88 Å². The lowest BCUT2D eigenvalue weighted by molar-refractivity contribution is -0.129. The van der Waals surface area contributed by atoms with Gasteiger partial charge in [0.1, 0.15) is 0 Å². The van der Waals surface area contributed by atoms with Crippen LogP contribution in [0.2, 0.25) is 0 Å². The first kappa shape index (κ1) is 11.8. The van der Waals surface area contributed by atoms with Gasteiger partial charge in [-0.15, -0.1) is 0 Å². The van der Waals surface area contributed by atoms with Crippen LogP contribution < -0.4 is 5.32 Å². The number of nitrogens with zero attached hydrogens (tertiary/aromatic N) is 2. The third kappa shape index (κ3) is 3.15. The van der Waals surface area contributed by atoms with E-state index in [0.717, 1.165) is 25.9 Å². The average molecular weight is 237 g/mol. The van der Waals surface area contributed by atoms with Gasteiger partial charge in [0, 0.05) is 32.3 Å². The van der Waals surface area contributed by atoms with E-state index in [4.69, 9.17) is 0 Å². The Morgan fingerprint density at radius 3 is 2.94 bits per heavy atom. The van der Waals surface area contributed by atoms with Gasteiger partial charge >= 0.3 is 0 Å². The number of likely N-dealkylation sites (tertiary alicyclic amines) is 1. The van der Waals surface area contributed by atoms with Gasteiger partial charge in [0.2, 0.25) is 5.91 Å². The molecule has 0 aromatic carbocycles. The second-order valence-electron chi connectivity index (χ2n) is 4.10. The number of nitrogens with one attached hydrogen (secondary N) is 1. The van der Waals surface area contributed by atoms with E-state index in [1.165, 1.54) is 18.3 Å². The van der Waals surface area contributed by atoms with E-state index in [9.17, 15) is 9.18 Å². The van der Waals surface area contributed by atoms with E-state index in [-0.39, 0.29) is 17.5 Å². The maximum Gasteiger partial charge on any atom is 0.224 e. The number of amides is 1. The lowest BCUT2D eigenvalue weighted by Gasteiger charge is -2.15. The van der Waals surface area contributed by atoms with Gasteiger partial charge in [-0.3, -0.25) is 4.79 Å². The lowest BCUT2D eigenvalue weighted by Crippen LogP contribution is -2.29. The molecule has 1 aliphatic rings. The summed E-state index contributed by atoms with van der Waals surface area (Å²) < 4.78 is 13.2. The molecule has 1 aliphatic heterocycles. The van der Waals surface area contributed by atoms with Crippen molar-refractivity contribution in [3.63, 3.8) is 0 Å². The molecule has 17 heavy (non-hydrogen) atoms. The van der Waals surface area contributed by atoms with Crippen LogP contribution in [0.3, 0.4) is 0 Å². The Morgan fingerprint density at radius 2 is 2.24 bits per heavy atom. The van der Waals surface area contributed by atoms with Crippen molar-refractivity contribution in [2.75, 3.05) is 25.0 Å². The Bertz CT molecular complexity index is 391. The van der Waals surface area contributed by atoms with Crippen molar-refractivity contribution in [3.8, 4) is 0 Å². The highest BCUT2D eigenvalue weighted by atomic mass is 19.1. The van der Waals surface area contributed by atoms with Crippen molar-refractivity contribution >= 4 is 11.7 Å². The molecule has 0 saturated carbocycles. The molecule has 1 aromatic rings. The van der Waals surface area contributed by atoms with E-state index in [1.54, 1.807) is 0 Å². The number of halogens is 1. The summed E-state index contributed by atoms with van der Waals surface area (Å²) in [4.78, 5) is 17.4. The smallest absolute Gasteiger partial charge is 0.224 e. The lowest BCUT2D eigenvalue weighted by atomic mass is 10.3. The summed E-state index contributed by atoms with van der Waals surface area (Å²) in [5.41, 5.74) is 0. The average Bonchev–Trinajstić information content (AvgIpc) is 2.85. The third-order valence-corrected chi connectivity index (χ3v) is 2.85. The van der Waals surface area contributed by atoms with Gasteiger partial charge in [-0.2, -0.15) is 0 Å². The van der Waals surface area contributed by atoms with Crippen LogP contribution in [-0.4, -0.2) is 35.4 Å². The third-order valence-electron chi connectivity index (χ3n) is 2.85. The Kier molecular flexibility index (Phi) is 3.90. The predicted octanol–water partition coefficient (Wildman–Crippen LogP) is 1.65. The number of rotatable bonds is 4. The van der Waals surface area contributed by atoms with Crippen molar-refractivity contribution in [2.45, 2.75) is 19.3 Å². The van der Waals surface area contributed by atoms with Crippen molar-refractivity contribution in [1.29, 1.82) is 0 Å².